The van der Waals surface area contributed by atoms with Crippen LogP contribution in [0.4, 0.5) is 4.79 Å². The first-order valence-electron chi connectivity index (χ1n) is 8.26. The first-order valence-corrected chi connectivity index (χ1v) is 9.45. The Hall–Kier alpha value is -1.80. The third kappa shape index (κ3) is 3.74. The lowest BCUT2D eigenvalue weighted by Gasteiger charge is -2.39. The number of guanidine groups is 1. The van der Waals surface area contributed by atoms with E-state index in [9.17, 15) is 9.59 Å². The van der Waals surface area contributed by atoms with Gasteiger partial charge in [-0.25, -0.2) is 4.79 Å². The molecule has 3 heterocycles. The van der Waals surface area contributed by atoms with Gasteiger partial charge in [-0.1, -0.05) is 11.6 Å². The van der Waals surface area contributed by atoms with Crippen LogP contribution < -0.4 is 16.0 Å². The highest BCUT2D eigenvalue weighted by molar-refractivity contribution is 7.16. The van der Waals surface area contributed by atoms with E-state index in [1.165, 1.54) is 0 Å². The average molecular weight is 384 g/mol. The van der Waals surface area contributed by atoms with Crippen molar-refractivity contribution >= 4 is 40.8 Å². The fourth-order valence-electron chi connectivity index (χ4n) is 3.46. The number of thiophene rings is 1. The number of aliphatic imine (C=N–C) groups is 1. The van der Waals surface area contributed by atoms with Gasteiger partial charge in [0, 0.05) is 25.0 Å². The molecular formula is C16H22ClN5O2S. The van der Waals surface area contributed by atoms with Crippen LogP contribution in [0.2, 0.25) is 4.34 Å². The molecule has 3 N–H and O–H groups in total. The number of carbonyl (C=O) groups excluding carboxylic acids is 2. The molecule has 0 saturated carbocycles. The standard InChI is InChI=1S/C16H22ClN5O2S/c1-16(13(23)20-15(24)21-16)10-5-7-22(8-6-10)14(18-2)19-9-11-3-4-12(17)25-11/h3-4,10H,5-9H2,1-2H3,(H,18,19)(H2,20,21,23,24). The van der Waals surface area contributed by atoms with E-state index >= 15 is 0 Å². The third-order valence-corrected chi connectivity index (χ3v) is 6.18. The smallest absolute Gasteiger partial charge is 0.322 e. The maximum atomic E-state index is 12.1. The molecule has 9 heteroatoms. The molecule has 0 aromatic carbocycles. The quantitative estimate of drug-likeness (QED) is 0.422. The first kappa shape index (κ1) is 18.0. The van der Waals surface area contributed by atoms with E-state index in [4.69, 9.17) is 11.6 Å². The number of nitrogens with zero attached hydrogens (tertiary/aromatic N) is 2. The number of amides is 3. The molecule has 0 aliphatic carbocycles. The Morgan fingerprint density at radius 1 is 1.44 bits per heavy atom. The summed E-state index contributed by atoms with van der Waals surface area (Å²) in [4.78, 5) is 31.2. The van der Waals surface area contributed by atoms with Crippen LogP contribution in [0.1, 0.15) is 24.6 Å². The summed E-state index contributed by atoms with van der Waals surface area (Å²) in [6.45, 7) is 4.06. The summed E-state index contributed by atoms with van der Waals surface area (Å²) in [7, 11) is 1.77. The molecule has 3 amide bonds. The lowest BCUT2D eigenvalue weighted by Crippen LogP contribution is -2.55. The van der Waals surface area contributed by atoms with Crippen LogP contribution in [-0.4, -0.2) is 48.5 Å². The van der Waals surface area contributed by atoms with Crippen LogP contribution in [0.25, 0.3) is 0 Å². The van der Waals surface area contributed by atoms with Gasteiger partial charge in [0.1, 0.15) is 5.54 Å². The van der Waals surface area contributed by atoms with Crippen LogP contribution in [0, 0.1) is 5.92 Å². The van der Waals surface area contributed by atoms with Gasteiger partial charge in [-0.15, -0.1) is 11.3 Å². The summed E-state index contributed by atoms with van der Waals surface area (Å²) in [6, 6.07) is 3.49. The van der Waals surface area contributed by atoms with Crippen LogP contribution >= 0.6 is 22.9 Å². The predicted molar refractivity (Wildman–Crippen MR) is 98.9 cm³/mol. The second-order valence-corrected chi connectivity index (χ2v) is 8.28. The summed E-state index contributed by atoms with van der Waals surface area (Å²) in [5.41, 5.74) is -0.812. The van der Waals surface area contributed by atoms with E-state index in [-0.39, 0.29) is 11.8 Å². The summed E-state index contributed by atoms with van der Waals surface area (Å²) in [5.74, 6) is 0.727. The van der Waals surface area contributed by atoms with Gasteiger partial charge in [0.15, 0.2) is 5.96 Å². The number of likely N-dealkylation sites (tertiary alicyclic amines) is 1. The molecule has 3 rings (SSSR count). The zero-order valence-electron chi connectivity index (χ0n) is 14.3. The lowest BCUT2D eigenvalue weighted by atomic mass is 9.79. The fourth-order valence-corrected chi connectivity index (χ4v) is 4.49. The van der Waals surface area contributed by atoms with E-state index in [2.05, 4.69) is 25.8 Å². The molecule has 136 valence electrons. The van der Waals surface area contributed by atoms with Crippen molar-refractivity contribution < 1.29 is 9.59 Å². The number of urea groups is 1. The minimum atomic E-state index is -0.812. The molecule has 25 heavy (non-hydrogen) atoms. The summed E-state index contributed by atoms with van der Waals surface area (Å²) >= 11 is 7.51. The Labute approximate surface area is 155 Å². The number of piperidine rings is 1. The van der Waals surface area contributed by atoms with Crippen molar-refractivity contribution in [2.75, 3.05) is 20.1 Å². The molecular weight excluding hydrogens is 362 g/mol. The van der Waals surface area contributed by atoms with Crippen molar-refractivity contribution in [2.24, 2.45) is 10.9 Å². The molecule has 1 unspecified atom stereocenters. The first-order chi connectivity index (χ1) is 11.9. The number of hydrogen-bond acceptors (Lipinski definition) is 4. The van der Waals surface area contributed by atoms with E-state index in [0.717, 1.165) is 41.1 Å². The van der Waals surface area contributed by atoms with Gasteiger partial charge in [-0.05, 0) is 37.8 Å². The van der Waals surface area contributed by atoms with Crippen molar-refractivity contribution in [3.8, 4) is 0 Å². The molecule has 7 nitrogen and oxygen atoms in total. The van der Waals surface area contributed by atoms with Gasteiger partial charge < -0.3 is 15.5 Å². The van der Waals surface area contributed by atoms with Crippen molar-refractivity contribution in [1.29, 1.82) is 0 Å². The van der Waals surface area contributed by atoms with Crippen molar-refractivity contribution in [1.82, 2.24) is 20.9 Å². The van der Waals surface area contributed by atoms with Crippen LogP contribution in [-0.2, 0) is 11.3 Å². The number of hydrogen-bond donors (Lipinski definition) is 3. The maximum absolute atomic E-state index is 12.1. The van der Waals surface area contributed by atoms with Gasteiger partial charge in [-0.3, -0.25) is 15.1 Å². The Balaban J connectivity index is 1.55. The Morgan fingerprint density at radius 2 is 2.16 bits per heavy atom. The van der Waals surface area contributed by atoms with Gasteiger partial charge in [-0.2, -0.15) is 0 Å². The minimum absolute atomic E-state index is 0.115. The second kappa shape index (κ2) is 7.21. The van der Waals surface area contributed by atoms with Crippen molar-refractivity contribution in [3.63, 3.8) is 0 Å². The number of nitrogens with one attached hydrogen (secondary N) is 3. The molecule has 2 aliphatic heterocycles. The third-order valence-electron chi connectivity index (χ3n) is 4.94. The molecule has 2 saturated heterocycles. The zero-order chi connectivity index (χ0) is 18.0. The largest absolute Gasteiger partial charge is 0.351 e. The Morgan fingerprint density at radius 3 is 2.68 bits per heavy atom. The number of halogens is 1. The van der Waals surface area contributed by atoms with E-state index in [1.54, 1.807) is 25.3 Å². The minimum Gasteiger partial charge on any atom is -0.351 e. The number of imide groups is 1. The van der Waals surface area contributed by atoms with Crippen molar-refractivity contribution in [2.45, 2.75) is 31.8 Å². The maximum Gasteiger partial charge on any atom is 0.322 e. The molecule has 0 radical (unpaired) electrons. The van der Waals surface area contributed by atoms with Gasteiger partial charge in [0.25, 0.3) is 5.91 Å². The Kier molecular flexibility index (Phi) is 5.19. The molecule has 1 aromatic heterocycles. The highest BCUT2D eigenvalue weighted by Gasteiger charge is 2.48. The SMILES string of the molecule is CN=C(NCc1ccc(Cl)s1)N1CCC(C2(C)NC(=O)NC2=O)CC1. The summed E-state index contributed by atoms with van der Waals surface area (Å²) < 4.78 is 0.776. The lowest BCUT2D eigenvalue weighted by molar-refractivity contribution is -0.125. The average Bonchev–Trinajstić information content (AvgIpc) is 3.12. The molecule has 1 atom stereocenters. The summed E-state index contributed by atoms with van der Waals surface area (Å²) in [5, 5.41) is 8.48. The monoisotopic (exact) mass is 383 g/mol. The van der Waals surface area contributed by atoms with Gasteiger partial charge >= 0.3 is 6.03 Å². The van der Waals surface area contributed by atoms with Crippen LogP contribution in [0.15, 0.2) is 17.1 Å². The molecule has 2 aliphatic rings. The molecule has 0 spiro atoms. The molecule has 2 fully saturated rings. The number of rotatable bonds is 3. The molecule has 1 aromatic rings. The van der Waals surface area contributed by atoms with E-state index < -0.39 is 11.6 Å². The highest BCUT2D eigenvalue weighted by Crippen LogP contribution is 2.30. The highest BCUT2D eigenvalue weighted by atomic mass is 35.5. The van der Waals surface area contributed by atoms with Gasteiger partial charge in [0.05, 0.1) is 10.9 Å². The number of carbonyl (C=O) groups is 2. The normalized spacial score (nSPS) is 25.1. The van der Waals surface area contributed by atoms with Crippen LogP contribution in [0.5, 0.6) is 0 Å². The zero-order valence-corrected chi connectivity index (χ0v) is 15.8. The van der Waals surface area contributed by atoms with Crippen molar-refractivity contribution in [3.05, 3.63) is 21.3 Å². The predicted octanol–water partition coefficient (Wildman–Crippen LogP) is 1.79. The second-order valence-electron chi connectivity index (χ2n) is 6.48. The topological polar surface area (TPSA) is 85.8 Å². The van der Waals surface area contributed by atoms with Crippen LogP contribution in [0.3, 0.4) is 0 Å². The van der Waals surface area contributed by atoms with Gasteiger partial charge in [0.2, 0.25) is 0 Å². The molecule has 0 bridgehead atoms. The Bertz CT molecular complexity index is 698. The fraction of sp³-hybridized carbons (Fsp3) is 0.562. The summed E-state index contributed by atoms with van der Waals surface area (Å²) in [6.07, 6.45) is 1.63. The van der Waals surface area contributed by atoms with E-state index in [0.29, 0.717) is 6.54 Å². The van der Waals surface area contributed by atoms with E-state index in [1.807, 2.05) is 12.1 Å².